The molecule has 3 aliphatic heterocycles. The molecule has 4 unspecified atom stereocenters. The second kappa shape index (κ2) is 31.7. The summed E-state index contributed by atoms with van der Waals surface area (Å²) in [4.78, 5) is 30.2. The molecule has 3 fully saturated rings. The van der Waals surface area contributed by atoms with E-state index in [1.807, 2.05) is 56.1 Å². The summed E-state index contributed by atoms with van der Waals surface area (Å²) in [6.07, 6.45) is 36.6. The van der Waals surface area contributed by atoms with Gasteiger partial charge in [-0.05, 0) is 290 Å². The molecule has 17 heteroatoms. The smallest absolute Gasteiger partial charge is 0.376 e. The monoisotopic (exact) mass is 1340 g/mol. The zero-order chi connectivity index (χ0) is 66.1. The summed E-state index contributed by atoms with van der Waals surface area (Å²) in [5.41, 5.74) is 18.4. The number of halogens is 3. The van der Waals surface area contributed by atoms with Gasteiger partial charge in [-0.3, -0.25) is 15.0 Å². The number of nitrogens with one attached hydrogen (secondary N) is 2. The molecule has 15 rings (SSSR count). The molecule has 0 amide bonds. The number of rotatable bonds is 16. The Morgan fingerprint density at radius 1 is 0.479 bits per heavy atom. The Kier molecular flexibility index (Phi) is 22.3. The van der Waals surface area contributed by atoms with Gasteiger partial charge in [0.1, 0.15) is 17.5 Å². The number of fused-ring (bicyclic) bond motifs is 6. The van der Waals surface area contributed by atoms with Crippen LogP contribution in [0.15, 0.2) is 147 Å². The minimum Gasteiger partial charge on any atom is -0.437 e. The van der Waals surface area contributed by atoms with Crippen LogP contribution in [0.3, 0.4) is 0 Å². The average Bonchev–Trinajstić information content (AvgIpc) is 1.63. The topological polar surface area (TPSA) is 140 Å². The SMILES string of the molecule is CB(O)N1CCC(C2c3ccc(Cl)cc3C=C(CCCn3ccnc3C)c3cccnc32)CC1.Cc1nccn1CCCC1=Cc2cc(Cl)ccc2C(C2CCNCC2)c2ncccc21.Cc1nccn1CCCC1Cc2cc(Cl)ccc2C(C2CCNCC2)c2ncccc21. The average molecular weight is 1340 g/mol. The molecule has 0 radical (unpaired) electrons. The fraction of sp³-hybridized carbons (Fsp3) is 0.418. The number of allylic oxidation sites excluding steroid dienone is 2. The molecule has 3 aliphatic carbocycles. The van der Waals surface area contributed by atoms with Gasteiger partial charge >= 0.3 is 7.05 Å². The highest BCUT2D eigenvalue weighted by Gasteiger charge is 2.38. The lowest BCUT2D eigenvalue weighted by molar-refractivity contribution is 0.235. The van der Waals surface area contributed by atoms with Gasteiger partial charge in [-0.25, -0.2) is 15.0 Å². The molecule has 9 heterocycles. The van der Waals surface area contributed by atoms with Crippen molar-refractivity contribution in [1.82, 2.24) is 59.0 Å². The highest BCUT2D eigenvalue weighted by molar-refractivity contribution is 6.45. The van der Waals surface area contributed by atoms with E-state index < -0.39 is 0 Å². The molecule has 3 N–H and O–H groups in total. The van der Waals surface area contributed by atoms with Crippen LogP contribution in [-0.4, -0.2) is 99.8 Å². The second-order valence-electron chi connectivity index (χ2n) is 27.4. The number of imidazole rings is 3. The summed E-state index contributed by atoms with van der Waals surface area (Å²) in [6.45, 7) is 17.2. The molecular weight excluding hydrogens is 1250 g/mol. The van der Waals surface area contributed by atoms with Crippen LogP contribution in [0.1, 0.15) is 185 Å². The van der Waals surface area contributed by atoms with Crippen LogP contribution >= 0.6 is 34.8 Å². The van der Waals surface area contributed by atoms with Gasteiger partial charge in [0.2, 0.25) is 0 Å². The van der Waals surface area contributed by atoms with E-state index >= 15 is 0 Å². The van der Waals surface area contributed by atoms with Gasteiger partial charge in [0.05, 0.1) is 17.1 Å². The Morgan fingerprint density at radius 2 is 0.906 bits per heavy atom. The van der Waals surface area contributed by atoms with Gasteiger partial charge in [0, 0.05) is 108 Å². The molecule has 9 aromatic rings. The fourth-order valence-electron chi connectivity index (χ4n) is 16.6. The van der Waals surface area contributed by atoms with Crippen molar-refractivity contribution in [2.24, 2.45) is 17.8 Å². The van der Waals surface area contributed by atoms with Crippen molar-refractivity contribution in [1.29, 1.82) is 0 Å². The summed E-state index contributed by atoms with van der Waals surface area (Å²) in [7, 11) is -0.390. The van der Waals surface area contributed by atoms with E-state index in [1.165, 1.54) is 104 Å². The van der Waals surface area contributed by atoms with Crippen molar-refractivity contribution in [2.45, 2.75) is 154 Å². The first-order chi connectivity index (χ1) is 46.9. The molecule has 3 aromatic carbocycles. The number of hydrogen-bond acceptors (Lipinski definition) is 10. The van der Waals surface area contributed by atoms with Gasteiger partial charge in [-0.15, -0.1) is 0 Å². The highest BCUT2D eigenvalue weighted by Crippen LogP contribution is 2.49. The molecule has 0 spiro atoms. The first-order valence-corrected chi connectivity index (χ1v) is 36.5. The van der Waals surface area contributed by atoms with Crippen LogP contribution in [0.2, 0.25) is 21.9 Å². The largest absolute Gasteiger partial charge is 0.437 e. The van der Waals surface area contributed by atoms with Crippen molar-refractivity contribution >= 4 is 65.2 Å². The second-order valence-corrected chi connectivity index (χ2v) is 28.8. The number of nitrogens with zero attached hydrogens (tertiary/aromatic N) is 10. The van der Waals surface area contributed by atoms with Crippen LogP contribution in [-0.2, 0) is 26.1 Å². The van der Waals surface area contributed by atoms with Crippen LogP contribution in [0.4, 0.5) is 0 Å². The molecule has 0 saturated carbocycles. The van der Waals surface area contributed by atoms with Gasteiger partial charge in [-0.2, -0.15) is 0 Å². The van der Waals surface area contributed by atoms with Gasteiger partial charge in [0.25, 0.3) is 0 Å². The Morgan fingerprint density at radius 3 is 1.38 bits per heavy atom. The van der Waals surface area contributed by atoms with Crippen molar-refractivity contribution in [3.63, 3.8) is 0 Å². The van der Waals surface area contributed by atoms with Crippen molar-refractivity contribution in [3.05, 3.63) is 246 Å². The van der Waals surface area contributed by atoms with E-state index in [0.29, 0.717) is 35.5 Å². The molecule has 0 bridgehead atoms. The predicted molar refractivity (Wildman–Crippen MR) is 393 cm³/mol. The zero-order valence-corrected chi connectivity index (χ0v) is 58.5. The minimum absolute atomic E-state index is 0.226. The molecule has 6 aliphatic rings. The summed E-state index contributed by atoms with van der Waals surface area (Å²) < 4.78 is 6.69. The van der Waals surface area contributed by atoms with Gasteiger partial charge < -0.3 is 34.2 Å². The fourth-order valence-corrected chi connectivity index (χ4v) is 17.2. The first-order valence-electron chi connectivity index (χ1n) is 35.3. The number of piperidine rings is 3. The van der Waals surface area contributed by atoms with Crippen LogP contribution in [0.5, 0.6) is 0 Å². The molecule has 6 aromatic heterocycles. The maximum absolute atomic E-state index is 10.1. The van der Waals surface area contributed by atoms with E-state index in [0.717, 1.165) is 149 Å². The lowest BCUT2D eigenvalue weighted by atomic mass is 9.73. The van der Waals surface area contributed by atoms with E-state index in [-0.39, 0.29) is 13.0 Å². The quantitative estimate of drug-likeness (QED) is 0.0801. The van der Waals surface area contributed by atoms with Crippen molar-refractivity contribution < 1.29 is 5.02 Å². The molecule has 3 saturated heterocycles. The van der Waals surface area contributed by atoms with Crippen LogP contribution < -0.4 is 10.6 Å². The minimum atomic E-state index is -0.390. The normalized spacial score (nSPS) is 19.6. The third-order valence-corrected chi connectivity index (χ3v) is 22.3. The highest BCUT2D eigenvalue weighted by atomic mass is 35.5. The van der Waals surface area contributed by atoms with E-state index in [9.17, 15) is 5.02 Å². The van der Waals surface area contributed by atoms with Crippen molar-refractivity contribution in [3.8, 4) is 0 Å². The zero-order valence-electron chi connectivity index (χ0n) is 56.2. The van der Waals surface area contributed by atoms with Crippen molar-refractivity contribution in [2.75, 3.05) is 39.3 Å². The Bertz CT molecular complexity index is 4140. The number of pyridine rings is 3. The Balaban J connectivity index is 0.000000130. The van der Waals surface area contributed by atoms with E-state index in [1.54, 1.807) is 0 Å². The third kappa shape index (κ3) is 15.6. The lowest BCUT2D eigenvalue weighted by Gasteiger charge is -2.37. The number of aryl methyl sites for hydroxylation is 6. The molecule has 96 heavy (non-hydrogen) atoms. The van der Waals surface area contributed by atoms with Crippen LogP contribution in [0.25, 0.3) is 23.3 Å². The maximum atomic E-state index is 10.1. The molecule has 498 valence electrons. The summed E-state index contributed by atoms with van der Waals surface area (Å²) in [5.74, 6) is 6.29. The Hall–Kier alpha value is -7.01. The summed E-state index contributed by atoms with van der Waals surface area (Å²) >= 11 is 19.4. The van der Waals surface area contributed by atoms with Gasteiger partial charge in [-0.1, -0.05) is 83.4 Å². The first kappa shape index (κ1) is 67.6. The summed E-state index contributed by atoms with van der Waals surface area (Å²) in [5, 5.41) is 19.5. The molecular formula is C79H92BCl3N12O. The standard InChI is InChI=1S/C27H32BClN4O.C26H31ClN4.C26H29ClN4/c1-19-30-12-16-32(19)13-4-5-21-17-22-18-23(29)7-8-24(22)26(27-25(21)6-3-11-31-27)20-9-14-33(15-10-20)28(2)34;2*1-18-29-13-15-31(18)14-3-4-20-16-21-17-22(27)6-7-23(21)25(19-8-11-28-12-9-19)26-24(20)5-2-10-30-26/h3,6-8,11-12,16-18,20,26,34H,4-5,9-10,13-15H2,1-2H3;2,5-7,10,13,15,17,19-20,25,28H,3-4,8-9,11-12,14,16H2,1H3;2,5-7,10,13,15-17,19,25,28H,3-4,8-9,11-12,14H2,1H3. The lowest BCUT2D eigenvalue weighted by Crippen LogP contribution is -2.44. The molecule has 13 nitrogen and oxygen atoms in total. The maximum Gasteiger partial charge on any atom is 0.376 e. The number of hydrogen-bond donors (Lipinski definition) is 3. The number of aromatic nitrogens is 9. The Labute approximate surface area is 583 Å². The van der Waals surface area contributed by atoms with E-state index in [2.05, 4.69) is 174 Å². The van der Waals surface area contributed by atoms with E-state index in [4.69, 9.17) is 49.8 Å². The summed E-state index contributed by atoms with van der Waals surface area (Å²) in [6, 6.07) is 32.4. The number of benzene rings is 3. The molecule has 4 atom stereocenters. The predicted octanol–water partition coefficient (Wildman–Crippen LogP) is 16.7. The third-order valence-electron chi connectivity index (χ3n) is 21.6. The van der Waals surface area contributed by atoms with Crippen LogP contribution in [0, 0.1) is 38.5 Å². The van der Waals surface area contributed by atoms with Gasteiger partial charge in [0.15, 0.2) is 0 Å².